The summed E-state index contributed by atoms with van der Waals surface area (Å²) in [6.07, 6.45) is -11.7. The van der Waals surface area contributed by atoms with Gasteiger partial charge in [0.25, 0.3) is 0 Å². The van der Waals surface area contributed by atoms with Crippen LogP contribution in [0.2, 0.25) is 0 Å². The highest BCUT2D eigenvalue weighted by atomic mass is 19.4. The van der Waals surface area contributed by atoms with Gasteiger partial charge in [-0.1, -0.05) is 60.7 Å². The minimum absolute atomic E-state index is 0.129. The molecule has 0 aromatic heterocycles. The number of hydrogen-bond acceptors (Lipinski definition) is 0. The number of halogens is 6. The van der Waals surface area contributed by atoms with Crippen LogP contribution in [0.1, 0.15) is 36.8 Å². The Morgan fingerprint density at radius 2 is 0.962 bits per heavy atom. The van der Waals surface area contributed by atoms with E-state index in [-0.39, 0.29) is 19.3 Å². The molecule has 0 heterocycles. The van der Waals surface area contributed by atoms with Crippen molar-refractivity contribution < 1.29 is 26.3 Å². The maximum atomic E-state index is 12.9. The Labute approximate surface area is 148 Å². The van der Waals surface area contributed by atoms with Gasteiger partial charge in [0.05, 0.1) is 0 Å². The molecule has 0 unspecified atom stereocenters. The third-order valence-corrected chi connectivity index (χ3v) is 4.55. The smallest absolute Gasteiger partial charge is 0.171 e. The van der Waals surface area contributed by atoms with Crippen LogP contribution in [-0.4, -0.2) is 12.4 Å². The van der Waals surface area contributed by atoms with Gasteiger partial charge in [-0.15, -0.1) is 0 Å². The van der Waals surface area contributed by atoms with Gasteiger partial charge in [0, 0.05) is 12.8 Å². The average molecular weight is 374 g/mol. The number of alkyl halides is 6. The molecule has 2 aromatic rings. The van der Waals surface area contributed by atoms with E-state index in [2.05, 4.69) is 0 Å². The fourth-order valence-corrected chi connectivity index (χ4v) is 3.23. The molecule has 0 aliphatic rings. The second-order valence-electron chi connectivity index (χ2n) is 6.54. The molecule has 0 nitrogen and oxygen atoms in total. The lowest BCUT2D eigenvalue weighted by atomic mass is 9.69. The van der Waals surface area contributed by atoms with E-state index >= 15 is 0 Å². The molecule has 0 spiro atoms. The topological polar surface area (TPSA) is 0 Å². The van der Waals surface area contributed by atoms with Crippen molar-refractivity contribution in [1.29, 1.82) is 0 Å². The van der Waals surface area contributed by atoms with Crippen LogP contribution in [0.5, 0.6) is 0 Å². The standard InChI is InChI=1S/C20H20F6/c21-19(22,23)13-11-18(12-14-20(24,25)26,17-9-5-2-6-10-17)15-16-7-3-1-4-8-16/h1-10H,11-15H2. The zero-order valence-corrected chi connectivity index (χ0v) is 14.1. The van der Waals surface area contributed by atoms with Gasteiger partial charge in [-0.3, -0.25) is 0 Å². The van der Waals surface area contributed by atoms with E-state index in [0.29, 0.717) is 5.56 Å². The summed E-state index contributed by atoms with van der Waals surface area (Å²) in [5, 5.41) is 0. The van der Waals surface area contributed by atoms with E-state index in [9.17, 15) is 26.3 Å². The molecular weight excluding hydrogens is 354 g/mol. The highest BCUT2D eigenvalue weighted by Gasteiger charge is 2.40. The third-order valence-electron chi connectivity index (χ3n) is 4.55. The van der Waals surface area contributed by atoms with Crippen molar-refractivity contribution in [3.05, 3.63) is 71.8 Å². The lowest BCUT2D eigenvalue weighted by Gasteiger charge is -2.36. The summed E-state index contributed by atoms with van der Waals surface area (Å²) in [4.78, 5) is 0. The molecule has 0 saturated carbocycles. The summed E-state index contributed by atoms with van der Waals surface area (Å²) >= 11 is 0. The summed E-state index contributed by atoms with van der Waals surface area (Å²) in [5.41, 5.74) is 0.00579. The molecule has 26 heavy (non-hydrogen) atoms. The lowest BCUT2D eigenvalue weighted by Crippen LogP contribution is -2.33. The monoisotopic (exact) mass is 374 g/mol. The fourth-order valence-electron chi connectivity index (χ4n) is 3.23. The summed E-state index contributed by atoms with van der Waals surface area (Å²) in [5.74, 6) is 0. The predicted molar refractivity (Wildman–Crippen MR) is 88.8 cm³/mol. The second-order valence-corrected chi connectivity index (χ2v) is 6.54. The van der Waals surface area contributed by atoms with Crippen LogP contribution in [0.15, 0.2) is 60.7 Å². The lowest BCUT2D eigenvalue weighted by molar-refractivity contribution is -0.145. The molecule has 0 aliphatic heterocycles. The van der Waals surface area contributed by atoms with Crippen molar-refractivity contribution in [2.24, 2.45) is 0 Å². The first-order valence-electron chi connectivity index (χ1n) is 8.33. The van der Waals surface area contributed by atoms with Gasteiger partial charge in [0.15, 0.2) is 0 Å². The van der Waals surface area contributed by atoms with E-state index in [0.717, 1.165) is 5.56 Å². The Kier molecular flexibility index (Phi) is 6.37. The van der Waals surface area contributed by atoms with Gasteiger partial charge in [-0.2, -0.15) is 26.3 Å². The van der Waals surface area contributed by atoms with E-state index in [1.807, 2.05) is 0 Å². The molecule has 0 fully saturated rings. The van der Waals surface area contributed by atoms with Crippen molar-refractivity contribution in [3.63, 3.8) is 0 Å². The zero-order valence-electron chi connectivity index (χ0n) is 14.1. The molecule has 0 aliphatic carbocycles. The van der Waals surface area contributed by atoms with Crippen molar-refractivity contribution >= 4 is 0 Å². The Hall–Kier alpha value is -1.98. The Bertz CT molecular complexity index is 640. The average Bonchev–Trinajstić information content (AvgIpc) is 2.58. The second kappa shape index (κ2) is 8.14. The summed E-state index contributed by atoms with van der Waals surface area (Å²) in [6.45, 7) is 0. The molecule has 6 heteroatoms. The molecule has 0 amide bonds. The minimum atomic E-state index is -4.42. The van der Waals surface area contributed by atoms with Crippen molar-refractivity contribution in [3.8, 4) is 0 Å². The van der Waals surface area contributed by atoms with Gasteiger partial charge in [-0.25, -0.2) is 0 Å². The van der Waals surface area contributed by atoms with Gasteiger partial charge in [-0.05, 0) is 35.8 Å². The molecule has 2 rings (SSSR count). The van der Waals surface area contributed by atoms with Crippen LogP contribution in [0.25, 0.3) is 0 Å². The SMILES string of the molecule is FC(F)(F)CCC(CCC(F)(F)F)(Cc1ccccc1)c1ccccc1. The Morgan fingerprint density at radius 1 is 0.538 bits per heavy atom. The summed E-state index contributed by atoms with van der Waals surface area (Å²) in [7, 11) is 0. The molecule has 0 N–H and O–H groups in total. The highest BCUT2D eigenvalue weighted by Crippen LogP contribution is 2.42. The summed E-state index contributed by atoms with van der Waals surface area (Å²) in [6, 6.07) is 16.9. The van der Waals surface area contributed by atoms with Crippen LogP contribution >= 0.6 is 0 Å². The summed E-state index contributed by atoms with van der Waals surface area (Å²) < 4.78 is 77.4. The molecular formula is C20H20F6. The molecule has 0 bridgehead atoms. The third kappa shape index (κ3) is 6.39. The maximum absolute atomic E-state index is 12.9. The van der Waals surface area contributed by atoms with Crippen LogP contribution in [-0.2, 0) is 11.8 Å². The van der Waals surface area contributed by atoms with E-state index in [4.69, 9.17) is 0 Å². The van der Waals surface area contributed by atoms with Gasteiger partial charge in [0.1, 0.15) is 0 Å². The quantitative estimate of drug-likeness (QED) is 0.465. The molecule has 2 aromatic carbocycles. The Morgan fingerprint density at radius 3 is 1.38 bits per heavy atom. The first-order valence-corrected chi connectivity index (χ1v) is 8.33. The van der Waals surface area contributed by atoms with Crippen LogP contribution < -0.4 is 0 Å². The van der Waals surface area contributed by atoms with Gasteiger partial charge in [0.2, 0.25) is 0 Å². The van der Waals surface area contributed by atoms with Crippen LogP contribution in [0.3, 0.4) is 0 Å². The number of benzene rings is 2. The van der Waals surface area contributed by atoms with Gasteiger partial charge < -0.3 is 0 Å². The highest BCUT2D eigenvalue weighted by molar-refractivity contribution is 5.30. The Balaban J connectivity index is 2.42. The van der Waals surface area contributed by atoms with E-state index in [1.54, 1.807) is 60.7 Å². The fraction of sp³-hybridized carbons (Fsp3) is 0.400. The normalized spacial score (nSPS) is 13.0. The zero-order chi connectivity index (χ0) is 19.3. The first-order chi connectivity index (χ1) is 12.1. The first kappa shape index (κ1) is 20.3. The van der Waals surface area contributed by atoms with Crippen LogP contribution in [0, 0.1) is 0 Å². The van der Waals surface area contributed by atoms with Crippen molar-refractivity contribution in [2.45, 2.75) is 49.9 Å². The molecule has 0 atom stereocenters. The maximum Gasteiger partial charge on any atom is 0.389 e. The predicted octanol–water partition coefficient (Wildman–Crippen LogP) is 6.85. The number of hydrogen-bond donors (Lipinski definition) is 0. The number of rotatable bonds is 7. The van der Waals surface area contributed by atoms with Crippen LogP contribution in [0.4, 0.5) is 26.3 Å². The van der Waals surface area contributed by atoms with Crippen molar-refractivity contribution in [2.75, 3.05) is 0 Å². The van der Waals surface area contributed by atoms with Crippen molar-refractivity contribution in [1.82, 2.24) is 0 Å². The molecule has 0 radical (unpaired) electrons. The molecule has 0 saturated heterocycles. The molecule has 142 valence electrons. The van der Waals surface area contributed by atoms with Gasteiger partial charge >= 0.3 is 12.4 Å². The van der Waals surface area contributed by atoms with E-state index in [1.165, 1.54) is 0 Å². The van der Waals surface area contributed by atoms with E-state index < -0.39 is 30.6 Å². The minimum Gasteiger partial charge on any atom is -0.171 e. The largest absolute Gasteiger partial charge is 0.389 e.